The lowest BCUT2D eigenvalue weighted by atomic mass is 10.1. The Bertz CT molecular complexity index is 553. The zero-order chi connectivity index (χ0) is 15.6. The van der Waals surface area contributed by atoms with Gasteiger partial charge in [-0.15, -0.1) is 0 Å². The topological polar surface area (TPSA) is 57.6 Å². The van der Waals surface area contributed by atoms with E-state index >= 15 is 0 Å². The highest BCUT2D eigenvalue weighted by Crippen LogP contribution is 2.35. The third kappa shape index (κ3) is 3.96. The molecular weight excluding hydrogens is 287 g/mol. The summed E-state index contributed by atoms with van der Waals surface area (Å²) in [5.41, 5.74) is -0.771. The molecule has 1 aliphatic carbocycles. The van der Waals surface area contributed by atoms with Crippen LogP contribution >= 0.6 is 0 Å². The lowest BCUT2D eigenvalue weighted by molar-refractivity contribution is -0.138. The van der Waals surface area contributed by atoms with Crippen molar-refractivity contribution in [3.63, 3.8) is 0 Å². The zero-order valence-corrected chi connectivity index (χ0v) is 11.1. The Kier molecular flexibility index (Phi) is 4.20. The van der Waals surface area contributed by atoms with E-state index in [2.05, 4.69) is 0 Å². The first-order chi connectivity index (χ1) is 9.79. The number of halogens is 3. The Balaban J connectivity index is 2.26. The van der Waals surface area contributed by atoms with Gasteiger partial charge in [0.2, 0.25) is 5.91 Å². The van der Waals surface area contributed by atoms with Crippen LogP contribution < -0.4 is 4.90 Å². The van der Waals surface area contributed by atoms with E-state index in [1.165, 1.54) is 12.1 Å². The van der Waals surface area contributed by atoms with E-state index in [4.69, 9.17) is 5.11 Å². The molecule has 1 saturated carbocycles. The van der Waals surface area contributed by atoms with Crippen LogP contribution in [0.3, 0.4) is 0 Å². The number of benzene rings is 1. The molecule has 1 aromatic carbocycles. The number of alkyl halides is 3. The van der Waals surface area contributed by atoms with Crippen molar-refractivity contribution in [3.8, 4) is 0 Å². The maximum Gasteiger partial charge on any atom is 0.416 e. The molecule has 2 rings (SSSR count). The van der Waals surface area contributed by atoms with E-state index in [0.717, 1.165) is 17.0 Å². The molecule has 0 saturated heterocycles. The molecule has 0 spiro atoms. The summed E-state index contributed by atoms with van der Waals surface area (Å²) in [5.74, 6) is -1.61. The van der Waals surface area contributed by atoms with Gasteiger partial charge in [-0.1, -0.05) is 6.07 Å². The lowest BCUT2D eigenvalue weighted by Crippen LogP contribution is -2.34. The molecule has 114 valence electrons. The monoisotopic (exact) mass is 301 g/mol. The molecule has 1 N–H and O–H groups in total. The van der Waals surface area contributed by atoms with Gasteiger partial charge in [0.1, 0.15) is 0 Å². The lowest BCUT2D eigenvalue weighted by Gasteiger charge is -2.23. The molecule has 0 heterocycles. The summed E-state index contributed by atoms with van der Waals surface area (Å²) < 4.78 is 38.2. The normalized spacial score (nSPS) is 14.8. The second-order valence-electron chi connectivity index (χ2n) is 4.96. The van der Waals surface area contributed by atoms with Gasteiger partial charge in [-0.25, -0.2) is 0 Å². The van der Waals surface area contributed by atoms with Gasteiger partial charge in [0.05, 0.1) is 12.0 Å². The van der Waals surface area contributed by atoms with Gasteiger partial charge in [-0.2, -0.15) is 13.2 Å². The first-order valence-corrected chi connectivity index (χ1v) is 6.49. The SMILES string of the molecule is O=C(O)CCN(C(=O)C1CC1)c1cccc(C(F)(F)F)c1. The van der Waals surface area contributed by atoms with Crippen molar-refractivity contribution >= 4 is 17.6 Å². The molecule has 21 heavy (non-hydrogen) atoms. The Hall–Kier alpha value is -2.05. The predicted molar refractivity (Wildman–Crippen MR) is 68.8 cm³/mol. The standard InChI is InChI=1S/C14H14F3NO3/c15-14(16,17)10-2-1-3-11(8-10)18(7-6-12(19)20)13(21)9-4-5-9/h1-3,8-9H,4-7H2,(H,19,20). The molecule has 1 aromatic rings. The summed E-state index contributed by atoms with van der Waals surface area (Å²) in [6.07, 6.45) is -3.42. The summed E-state index contributed by atoms with van der Waals surface area (Å²) in [6.45, 7) is -0.133. The number of aliphatic carboxylic acids is 1. The summed E-state index contributed by atoms with van der Waals surface area (Å²) in [5, 5.41) is 8.71. The number of carboxylic acids is 1. The van der Waals surface area contributed by atoms with Crippen molar-refractivity contribution in [2.24, 2.45) is 5.92 Å². The number of rotatable bonds is 5. The van der Waals surface area contributed by atoms with E-state index < -0.39 is 17.7 Å². The van der Waals surface area contributed by atoms with Gasteiger partial charge in [0.15, 0.2) is 0 Å². The van der Waals surface area contributed by atoms with Crippen molar-refractivity contribution in [3.05, 3.63) is 29.8 Å². The van der Waals surface area contributed by atoms with Crippen molar-refractivity contribution in [2.75, 3.05) is 11.4 Å². The number of hydrogen-bond donors (Lipinski definition) is 1. The maximum atomic E-state index is 12.7. The first-order valence-electron chi connectivity index (χ1n) is 6.49. The largest absolute Gasteiger partial charge is 0.481 e. The van der Waals surface area contributed by atoms with Gasteiger partial charge < -0.3 is 10.0 Å². The maximum absolute atomic E-state index is 12.7. The van der Waals surface area contributed by atoms with Crippen LogP contribution in [0, 0.1) is 5.92 Å². The number of carbonyl (C=O) groups excluding carboxylic acids is 1. The number of carbonyl (C=O) groups is 2. The predicted octanol–water partition coefficient (Wildman–Crippen LogP) is 2.92. The molecule has 1 fully saturated rings. The minimum absolute atomic E-state index is 0.0861. The summed E-state index contributed by atoms with van der Waals surface area (Å²) in [4.78, 5) is 23.9. The summed E-state index contributed by atoms with van der Waals surface area (Å²) in [6, 6.07) is 4.39. The minimum atomic E-state index is -4.50. The Labute approximate surface area is 119 Å². The van der Waals surface area contributed by atoms with Crippen LogP contribution in [0.25, 0.3) is 0 Å². The molecule has 0 aromatic heterocycles. The third-order valence-corrected chi connectivity index (χ3v) is 3.23. The second kappa shape index (κ2) is 5.75. The fourth-order valence-corrected chi connectivity index (χ4v) is 1.97. The van der Waals surface area contributed by atoms with E-state index in [-0.39, 0.29) is 30.5 Å². The van der Waals surface area contributed by atoms with Gasteiger partial charge >= 0.3 is 12.1 Å². The van der Waals surface area contributed by atoms with Crippen molar-refractivity contribution in [2.45, 2.75) is 25.4 Å². The van der Waals surface area contributed by atoms with E-state index in [1.54, 1.807) is 0 Å². The molecule has 7 heteroatoms. The Morgan fingerprint density at radius 3 is 2.48 bits per heavy atom. The number of carboxylic acid groups (broad SMARTS) is 1. The molecule has 0 bridgehead atoms. The highest BCUT2D eigenvalue weighted by molar-refractivity contribution is 5.96. The number of hydrogen-bond acceptors (Lipinski definition) is 2. The smallest absolute Gasteiger partial charge is 0.416 e. The van der Waals surface area contributed by atoms with Crippen LogP contribution in [-0.4, -0.2) is 23.5 Å². The van der Waals surface area contributed by atoms with Gasteiger partial charge in [0.25, 0.3) is 0 Å². The van der Waals surface area contributed by atoms with E-state index in [1.807, 2.05) is 0 Å². The van der Waals surface area contributed by atoms with Crippen molar-refractivity contribution in [1.29, 1.82) is 0 Å². The van der Waals surface area contributed by atoms with Crippen molar-refractivity contribution < 1.29 is 27.9 Å². The fourth-order valence-electron chi connectivity index (χ4n) is 1.97. The van der Waals surface area contributed by atoms with Crippen LogP contribution in [-0.2, 0) is 15.8 Å². The molecule has 0 aliphatic heterocycles. The van der Waals surface area contributed by atoms with Crippen LogP contribution in [0.15, 0.2) is 24.3 Å². The van der Waals surface area contributed by atoms with Crippen LogP contribution in [0.4, 0.5) is 18.9 Å². The van der Waals surface area contributed by atoms with Gasteiger partial charge in [0, 0.05) is 18.2 Å². The molecule has 0 atom stereocenters. The number of amides is 1. The van der Waals surface area contributed by atoms with E-state index in [9.17, 15) is 22.8 Å². The highest BCUT2D eigenvalue weighted by atomic mass is 19.4. The zero-order valence-electron chi connectivity index (χ0n) is 11.1. The molecule has 0 unspecified atom stereocenters. The van der Waals surface area contributed by atoms with E-state index in [0.29, 0.717) is 12.8 Å². The Morgan fingerprint density at radius 1 is 1.29 bits per heavy atom. The quantitative estimate of drug-likeness (QED) is 0.909. The third-order valence-electron chi connectivity index (χ3n) is 3.23. The molecule has 0 radical (unpaired) electrons. The average Bonchev–Trinajstić information content (AvgIpc) is 3.22. The minimum Gasteiger partial charge on any atom is -0.481 e. The summed E-state index contributed by atoms with van der Waals surface area (Å²) >= 11 is 0. The summed E-state index contributed by atoms with van der Waals surface area (Å²) in [7, 11) is 0. The Morgan fingerprint density at radius 2 is 1.95 bits per heavy atom. The first kappa shape index (κ1) is 15.3. The number of anilines is 1. The molecule has 1 amide bonds. The van der Waals surface area contributed by atoms with Crippen LogP contribution in [0.2, 0.25) is 0 Å². The van der Waals surface area contributed by atoms with Gasteiger partial charge in [-0.05, 0) is 31.0 Å². The van der Waals surface area contributed by atoms with Crippen molar-refractivity contribution in [1.82, 2.24) is 0 Å². The second-order valence-corrected chi connectivity index (χ2v) is 4.96. The molecule has 4 nitrogen and oxygen atoms in total. The fraction of sp³-hybridized carbons (Fsp3) is 0.429. The average molecular weight is 301 g/mol. The molecule has 1 aliphatic rings. The number of nitrogens with zero attached hydrogens (tertiary/aromatic N) is 1. The van der Waals surface area contributed by atoms with Gasteiger partial charge in [-0.3, -0.25) is 9.59 Å². The van der Waals surface area contributed by atoms with Crippen LogP contribution in [0.1, 0.15) is 24.8 Å². The molecular formula is C14H14F3NO3. The highest BCUT2D eigenvalue weighted by Gasteiger charge is 2.35. The van der Waals surface area contributed by atoms with Crippen LogP contribution in [0.5, 0.6) is 0 Å².